The lowest BCUT2D eigenvalue weighted by atomic mass is 9.78. The van der Waals surface area contributed by atoms with Crippen molar-refractivity contribution in [2.24, 2.45) is 16.8 Å². The van der Waals surface area contributed by atoms with E-state index >= 15 is 8.78 Å². The van der Waals surface area contributed by atoms with Gasteiger partial charge in [0.1, 0.15) is 17.5 Å². The number of likely N-dealkylation sites (tertiary alicyclic amines) is 1. The Labute approximate surface area is 304 Å². The fraction of sp³-hybridized carbons (Fsp3) is 0.410. The van der Waals surface area contributed by atoms with Crippen LogP contribution in [0.5, 0.6) is 0 Å². The summed E-state index contributed by atoms with van der Waals surface area (Å²) >= 11 is 6.51. The monoisotopic (exact) mass is 726 g/mol. The predicted molar refractivity (Wildman–Crippen MR) is 190 cm³/mol. The van der Waals surface area contributed by atoms with Crippen LogP contribution in [0.25, 0.3) is 11.1 Å². The molecule has 1 atom stereocenters. The van der Waals surface area contributed by atoms with Crippen molar-refractivity contribution in [3.63, 3.8) is 0 Å². The number of hydrogen-bond donors (Lipinski definition) is 3. The largest absolute Gasteiger partial charge is 0.481 e. The van der Waals surface area contributed by atoms with Crippen molar-refractivity contribution in [1.82, 2.24) is 25.1 Å². The van der Waals surface area contributed by atoms with Crippen LogP contribution in [0.15, 0.2) is 53.3 Å². The molecule has 0 radical (unpaired) electrons. The number of benzene rings is 2. The topological polar surface area (TPSA) is 131 Å². The highest BCUT2D eigenvalue weighted by Crippen LogP contribution is 2.36. The summed E-state index contributed by atoms with van der Waals surface area (Å²) in [6, 6.07) is 8.31. The van der Waals surface area contributed by atoms with E-state index < -0.39 is 23.6 Å². The molecule has 4 heterocycles. The number of piperidine rings is 1. The quantitative estimate of drug-likeness (QED) is 0.286. The zero-order valence-corrected chi connectivity index (χ0v) is 29.0. The number of fused-ring (bicyclic) bond motifs is 2. The minimum Gasteiger partial charge on any atom is -0.481 e. The number of nitrogens with one attached hydrogen (secondary N) is 1. The minimum absolute atomic E-state index is 0.104. The van der Waals surface area contributed by atoms with Crippen LogP contribution in [-0.2, 0) is 29.0 Å². The third kappa shape index (κ3) is 6.93. The van der Waals surface area contributed by atoms with E-state index in [2.05, 4.69) is 41.9 Å². The third-order valence-electron chi connectivity index (χ3n) is 11.3. The second-order valence-electron chi connectivity index (χ2n) is 14.5. The molecule has 2 aromatic carbocycles. The number of amidine groups is 1. The van der Waals surface area contributed by atoms with Gasteiger partial charge in [-0.15, -0.1) is 0 Å². The van der Waals surface area contributed by atoms with Crippen molar-refractivity contribution in [3.8, 4) is 23.0 Å². The molecule has 3 aliphatic heterocycles. The highest BCUT2D eigenvalue weighted by atomic mass is 35.5. The maximum absolute atomic E-state index is 15.5. The van der Waals surface area contributed by atoms with Gasteiger partial charge in [0.25, 0.3) is 0 Å². The van der Waals surface area contributed by atoms with E-state index in [1.54, 1.807) is 24.4 Å². The van der Waals surface area contributed by atoms with Gasteiger partial charge in [-0.25, -0.2) is 23.7 Å². The van der Waals surface area contributed by atoms with Crippen LogP contribution in [0.3, 0.4) is 0 Å². The SMILES string of the molecule is O=C(O)C1CC(N2CCC3NC(C#Cc4ccc(Cl)c(-c5cc(F)c(Cc6ncc7c(n6)CCN(C6CC(C(=O)O)C6)C7)c(F)c5)c4)=NC=C3C2)C1. The normalized spacial score (nSPS) is 25.5. The Kier molecular flexibility index (Phi) is 9.28. The Bertz CT molecular complexity index is 2060. The zero-order chi connectivity index (χ0) is 36.1. The third-order valence-corrected chi connectivity index (χ3v) is 11.6. The van der Waals surface area contributed by atoms with E-state index in [1.807, 2.05) is 6.20 Å². The van der Waals surface area contributed by atoms with Gasteiger partial charge in [-0.05, 0) is 79.5 Å². The fourth-order valence-electron chi connectivity index (χ4n) is 7.92. The van der Waals surface area contributed by atoms with E-state index in [1.165, 1.54) is 12.1 Å². The molecule has 268 valence electrons. The van der Waals surface area contributed by atoms with Gasteiger partial charge >= 0.3 is 11.9 Å². The van der Waals surface area contributed by atoms with E-state index in [4.69, 9.17) is 11.6 Å². The first-order chi connectivity index (χ1) is 25.1. The molecule has 2 aliphatic carbocycles. The van der Waals surface area contributed by atoms with Crippen LogP contribution >= 0.6 is 11.6 Å². The van der Waals surface area contributed by atoms with E-state index in [-0.39, 0.29) is 41.5 Å². The maximum atomic E-state index is 15.5. The van der Waals surface area contributed by atoms with Crippen LogP contribution in [0.1, 0.15) is 60.3 Å². The Balaban J connectivity index is 0.924. The number of hydrogen-bond acceptors (Lipinski definition) is 8. The number of aliphatic carboxylic acids is 2. The molecule has 10 nitrogen and oxygen atoms in total. The van der Waals surface area contributed by atoms with Gasteiger partial charge in [0, 0.05) is 96.5 Å². The number of carboxylic acids is 2. The van der Waals surface area contributed by atoms with Gasteiger partial charge < -0.3 is 15.5 Å². The Morgan fingerprint density at radius 3 is 2.33 bits per heavy atom. The lowest BCUT2D eigenvalue weighted by Gasteiger charge is -2.45. The summed E-state index contributed by atoms with van der Waals surface area (Å²) in [5, 5.41) is 22.1. The molecule has 0 bridgehead atoms. The summed E-state index contributed by atoms with van der Waals surface area (Å²) in [6.07, 6.45) is 7.68. The van der Waals surface area contributed by atoms with Gasteiger partial charge in [-0.2, -0.15) is 0 Å². The number of aliphatic imine (C=N–C) groups is 1. The van der Waals surface area contributed by atoms with Crippen LogP contribution < -0.4 is 5.32 Å². The number of nitrogens with zero attached hydrogens (tertiary/aromatic N) is 5. The molecule has 13 heteroatoms. The minimum atomic E-state index is -0.742. The van der Waals surface area contributed by atoms with E-state index in [0.29, 0.717) is 72.5 Å². The Morgan fingerprint density at radius 2 is 1.63 bits per heavy atom. The van der Waals surface area contributed by atoms with Crippen LogP contribution in [0, 0.1) is 35.3 Å². The molecule has 1 aromatic heterocycles. The van der Waals surface area contributed by atoms with Gasteiger partial charge in [-0.3, -0.25) is 19.4 Å². The zero-order valence-electron chi connectivity index (χ0n) is 28.3. The summed E-state index contributed by atoms with van der Waals surface area (Å²) in [5.74, 6) is 3.63. The standard InChI is InChI=1S/C39H37ClF2N6O4/c40-31-3-1-21(2-4-36-43-17-25-19-47(7-5-34(25)45-36)27-10-23(11-27)38(49)50)9-29(31)22-14-32(41)30(33(42)15-22)16-37-44-18-26-20-48(8-6-35(26)46-37)28-12-24(13-28)39(51)52/h1,3,9,14-15,17-18,23-24,27-28,34H,5-8,10-13,16,19-20H2,(H,43,45)(H,49,50)(H,51,52). The summed E-state index contributed by atoms with van der Waals surface area (Å²) in [5.41, 5.74) is 4.18. The van der Waals surface area contributed by atoms with E-state index in [0.717, 1.165) is 42.9 Å². The first-order valence-electron chi connectivity index (χ1n) is 17.7. The molecular formula is C39H37ClF2N6O4. The summed E-state index contributed by atoms with van der Waals surface area (Å²) < 4.78 is 31.0. The number of aromatic nitrogens is 2. The van der Waals surface area contributed by atoms with Gasteiger partial charge in [0.15, 0.2) is 5.84 Å². The second-order valence-corrected chi connectivity index (χ2v) is 14.9. The molecule has 3 fully saturated rings. The van der Waals surface area contributed by atoms with Gasteiger partial charge in [0.2, 0.25) is 0 Å². The second kappa shape index (κ2) is 14.0. The Morgan fingerprint density at radius 1 is 0.942 bits per heavy atom. The van der Waals surface area contributed by atoms with Gasteiger partial charge in [-0.1, -0.05) is 17.5 Å². The smallest absolute Gasteiger partial charge is 0.306 e. The van der Waals surface area contributed by atoms with E-state index in [9.17, 15) is 19.8 Å². The molecule has 1 saturated heterocycles. The van der Waals surface area contributed by atoms with Crippen molar-refractivity contribution >= 4 is 29.4 Å². The predicted octanol–water partition coefficient (Wildman–Crippen LogP) is 5.06. The van der Waals surface area contributed by atoms with Crippen molar-refractivity contribution < 1.29 is 28.6 Å². The molecule has 0 amide bonds. The van der Waals surface area contributed by atoms with Crippen LogP contribution in [0.2, 0.25) is 5.02 Å². The van der Waals surface area contributed by atoms with Crippen LogP contribution in [-0.4, -0.2) is 85.5 Å². The number of carbonyl (C=O) groups is 2. The molecule has 8 rings (SSSR count). The number of rotatable bonds is 7. The molecule has 3 aromatic rings. The molecule has 52 heavy (non-hydrogen) atoms. The number of halogens is 3. The van der Waals surface area contributed by atoms with Crippen molar-refractivity contribution in [2.45, 2.75) is 69.6 Å². The fourth-order valence-corrected chi connectivity index (χ4v) is 8.15. The lowest BCUT2D eigenvalue weighted by molar-refractivity contribution is -0.148. The molecular weight excluding hydrogens is 690 g/mol. The maximum Gasteiger partial charge on any atom is 0.306 e. The summed E-state index contributed by atoms with van der Waals surface area (Å²) in [7, 11) is 0. The van der Waals surface area contributed by atoms with Crippen LogP contribution in [0.4, 0.5) is 8.78 Å². The first-order valence-corrected chi connectivity index (χ1v) is 18.1. The summed E-state index contributed by atoms with van der Waals surface area (Å²) in [6.45, 7) is 3.01. The Hall–Kier alpha value is -4.70. The molecule has 2 saturated carbocycles. The van der Waals surface area contributed by atoms with Crippen molar-refractivity contribution in [2.75, 3.05) is 19.6 Å². The number of carboxylic acid groups (broad SMARTS) is 2. The molecule has 5 aliphatic rings. The van der Waals surface area contributed by atoms with Gasteiger partial charge in [0.05, 0.1) is 17.9 Å². The summed E-state index contributed by atoms with van der Waals surface area (Å²) in [4.78, 5) is 40.6. The molecule has 3 N–H and O–H groups in total. The lowest BCUT2D eigenvalue weighted by Crippen LogP contribution is -2.54. The highest BCUT2D eigenvalue weighted by Gasteiger charge is 2.41. The average molecular weight is 727 g/mol. The average Bonchev–Trinajstić information content (AvgIpc) is 3.07. The first kappa shape index (κ1) is 34.4. The van der Waals surface area contributed by atoms with Crippen molar-refractivity contribution in [1.29, 1.82) is 0 Å². The molecule has 0 spiro atoms. The van der Waals surface area contributed by atoms with Crippen molar-refractivity contribution in [3.05, 3.63) is 93.2 Å². The highest BCUT2D eigenvalue weighted by molar-refractivity contribution is 6.33. The molecule has 1 unspecified atom stereocenters.